The topological polar surface area (TPSA) is 17.1 Å². The summed E-state index contributed by atoms with van der Waals surface area (Å²) in [7, 11) is 0. The minimum absolute atomic E-state index is 0.0145. The van der Waals surface area contributed by atoms with Crippen molar-refractivity contribution in [3.8, 4) is 0 Å². The van der Waals surface area contributed by atoms with Crippen molar-refractivity contribution in [2.75, 3.05) is 0 Å². The number of hydrogen-bond acceptors (Lipinski definition) is 3. The van der Waals surface area contributed by atoms with E-state index < -0.39 is 0 Å². The number of aryl methyl sites for hydroxylation is 1. The minimum Gasteiger partial charge on any atom is -0.289 e. The van der Waals surface area contributed by atoms with E-state index in [9.17, 15) is 4.79 Å². The summed E-state index contributed by atoms with van der Waals surface area (Å²) >= 11 is 12.1. The van der Waals surface area contributed by atoms with Gasteiger partial charge in [0, 0.05) is 20.9 Å². The molecule has 0 aromatic heterocycles. The van der Waals surface area contributed by atoms with Crippen molar-refractivity contribution < 1.29 is 4.79 Å². The number of thiol groups is 1. The van der Waals surface area contributed by atoms with Gasteiger partial charge in [-0.2, -0.15) is 0 Å². The highest BCUT2D eigenvalue weighted by molar-refractivity contribution is 7.99. The Bertz CT molecular complexity index is 1170. The molecule has 1 aliphatic rings. The fourth-order valence-corrected chi connectivity index (χ4v) is 4.16. The average molecular weight is 521 g/mol. The number of ketones is 1. The Morgan fingerprint density at radius 1 is 0.943 bits per heavy atom. The molecule has 0 N–H and O–H groups in total. The largest absolute Gasteiger partial charge is 0.289 e. The van der Waals surface area contributed by atoms with Crippen LogP contribution in [-0.2, 0) is 0 Å². The lowest BCUT2D eigenvalue weighted by molar-refractivity contribution is 0.103. The Hall–Kier alpha value is -2.46. The average Bonchev–Trinajstić information content (AvgIpc) is 2.88. The Kier molecular flexibility index (Phi) is 12.8. The maximum atomic E-state index is 12.4. The zero-order valence-corrected chi connectivity index (χ0v) is 23.3. The number of halogens is 1. The van der Waals surface area contributed by atoms with Crippen LogP contribution in [0.4, 0.5) is 0 Å². The van der Waals surface area contributed by atoms with Crippen LogP contribution in [0.3, 0.4) is 0 Å². The van der Waals surface area contributed by atoms with E-state index in [1.54, 1.807) is 17.8 Å². The molecule has 0 radical (unpaired) electrons. The first-order valence-electron chi connectivity index (χ1n) is 11.6. The molecule has 182 valence electrons. The Morgan fingerprint density at radius 3 is 2.09 bits per heavy atom. The third kappa shape index (κ3) is 10.8. The van der Waals surface area contributed by atoms with Crippen LogP contribution in [0, 0.1) is 6.92 Å². The van der Waals surface area contributed by atoms with E-state index in [2.05, 4.69) is 75.9 Å². The van der Waals surface area contributed by atoms with Gasteiger partial charge in [-0.1, -0.05) is 101 Å². The highest BCUT2D eigenvalue weighted by Crippen LogP contribution is 2.34. The molecule has 0 amide bonds. The minimum atomic E-state index is -0.0145. The number of allylic oxidation sites excluding steroid dienone is 5. The Labute approximate surface area is 225 Å². The van der Waals surface area contributed by atoms with Crippen molar-refractivity contribution in [1.82, 2.24) is 0 Å². The van der Waals surface area contributed by atoms with Gasteiger partial charge in [0.25, 0.3) is 0 Å². The predicted molar refractivity (Wildman–Crippen MR) is 157 cm³/mol. The van der Waals surface area contributed by atoms with E-state index in [1.165, 1.54) is 17.6 Å². The summed E-state index contributed by atoms with van der Waals surface area (Å²) in [5.41, 5.74) is 3.88. The molecule has 0 unspecified atom stereocenters. The Balaban J connectivity index is 0.000000296. The second kappa shape index (κ2) is 15.5. The molecule has 1 nitrogen and oxygen atoms in total. The molecular weight excluding hydrogens is 488 g/mol. The first kappa shape index (κ1) is 28.8. The van der Waals surface area contributed by atoms with Gasteiger partial charge in [-0.05, 0) is 75.8 Å². The van der Waals surface area contributed by atoms with E-state index in [4.69, 9.17) is 11.6 Å². The van der Waals surface area contributed by atoms with Crippen molar-refractivity contribution in [1.29, 1.82) is 0 Å². The van der Waals surface area contributed by atoms with E-state index in [-0.39, 0.29) is 5.78 Å². The maximum absolute atomic E-state index is 12.4. The van der Waals surface area contributed by atoms with Crippen molar-refractivity contribution >= 4 is 41.8 Å². The summed E-state index contributed by atoms with van der Waals surface area (Å²) in [5, 5.41) is 0.595. The van der Waals surface area contributed by atoms with Gasteiger partial charge in [-0.25, -0.2) is 0 Å². The summed E-state index contributed by atoms with van der Waals surface area (Å²) in [5.74, 6) is -0.0145. The molecule has 0 saturated carbocycles. The molecule has 0 fully saturated rings. The third-order valence-corrected chi connectivity index (χ3v) is 6.87. The van der Waals surface area contributed by atoms with Crippen molar-refractivity contribution in [3.63, 3.8) is 0 Å². The fraction of sp³-hybridized carbons (Fsp3) is 0.194. The van der Waals surface area contributed by atoms with Crippen molar-refractivity contribution in [2.24, 2.45) is 0 Å². The van der Waals surface area contributed by atoms with Gasteiger partial charge in [0.05, 0.1) is 5.02 Å². The molecule has 4 rings (SSSR count). The summed E-state index contributed by atoms with van der Waals surface area (Å²) < 4.78 is 0. The number of carbonyl (C=O) groups is 1. The van der Waals surface area contributed by atoms with Gasteiger partial charge in [-0.15, -0.1) is 12.6 Å². The number of rotatable bonds is 4. The first-order valence-corrected chi connectivity index (χ1v) is 13.2. The SMILES string of the molecule is CC=C(C)C.Cc1ccc(Sc2ccc(C(=O)c3ccccc3)cc2Cl)cc1.SC1=CCCC=C1. The van der Waals surface area contributed by atoms with Crippen molar-refractivity contribution in [2.45, 2.75) is 50.3 Å². The molecule has 0 saturated heterocycles. The van der Waals surface area contributed by atoms with Crippen LogP contribution >= 0.6 is 36.0 Å². The zero-order valence-electron chi connectivity index (χ0n) is 20.8. The van der Waals surface area contributed by atoms with Gasteiger partial charge in [0.15, 0.2) is 5.78 Å². The van der Waals surface area contributed by atoms with E-state index in [0.717, 1.165) is 21.1 Å². The molecule has 35 heavy (non-hydrogen) atoms. The van der Waals surface area contributed by atoms with Crippen LogP contribution < -0.4 is 0 Å². The molecular formula is C31H33ClOS2. The zero-order chi connectivity index (χ0) is 25.6. The summed E-state index contributed by atoms with van der Waals surface area (Å²) in [4.78, 5) is 15.6. The summed E-state index contributed by atoms with van der Waals surface area (Å²) in [6.45, 7) is 8.26. The van der Waals surface area contributed by atoms with Crippen LogP contribution in [0.2, 0.25) is 5.02 Å². The molecule has 4 heteroatoms. The second-order valence-corrected chi connectivity index (χ2v) is 10.3. The molecule has 1 aliphatic carbocycles. The highest BCUT2D eigenvalue weighted by Gasteiger charge is 2.11. The van der Waals surface area contributed by atoms with Gasteiger partial charge in [0.2, 0.25) is 0 Å². The molecule has 0 bridgehead atoms. The lowest BCUT2D eigenvalue weighted by Gasteiger charge is -2.07. The molecule has 0 aliphatic heterocycles. The summed E-state index contributed by atoms with van der Waals surface area (Å²) in [6.07, 6.45) is 10.7. The molecule has 0 heterocycles. The quantitative estimate of drug-likeness (QED) is 0.209. The second-order valence-electron chi connectivity index (χ2n) is 8.23. The molecule has 3 aromatic rings. The fourth-order valence-electron chi connectivity index (χ4n) is 2.81. The molecule has 3 aromatic carbocycles. The van der Waals surface area contributed by atoms with Gasteiger partial charge in [-0.3, -0.25) is 4.79 Å². The standard InChI is InChI=1S/C20H15ClOS.C6H8S.C5H10/c1-14-7-10-17(11-8-14)23-19-12-9-16(13-18(19)21)20(22)15-5-3-2-4-6-15;7-6-4-2-1-3-5-6;1-4-5(2)3/h2-13H,1H3;2,4-5,7H,1,3H2;4H,1-3H3. The van der Waals surface area contributed by atoms with Gasteiger partial charge in [0.1, 0.15) is 0 Å². The molecule has 0 atom stereocenters. The van der Waals surface area contributed by atoms with Crippen LogP contribution in [0.5, 0.6) is 0 Å². The van der Waals surface area contributed by atoms with Crippen LogP contribution in [0.25, 0.3) is 0 Å². The summed E-state index contributed by atoms with van der Waals surface area (Å²) in [6, 6.07) is 23.0. The predicted octanol–water partition coefficient (Wildman–Crippen LogP) is 10.2. The first-order chi connectivity index (χ1) is 16.8. The maximum Gasteiger partial charge on any atom is 0.193 e. The van der Waals surface area contributed by atoms with Crippen LogP contribution in [0.1, 0.15) is 55.1 Å². The number of benzene rings is 3. The van der Waals surface area contributed by atoms with Crippen molar-refractivity contribution in [3.05, 3.63) is 129 Å². The smallest absolute Gasteiger partial charge is 0.193 e. The highest BCUT2D eigenvalue weighted by atomic mass is 35.5. The number of hydrogen-bond donors (Lipinski definition) is 1. The van der Waals surface area contributed by atoms with E-state index in [0.29, 0.717) is 16.1 Å². The van der Waals surface area contributed by atoms with Crippen LogP contribution in [0.15, 0.2) is 117 Å². The molecule has 0 spiro atoms. The third-order valence-electron chi connectivity index (χ3n) is 5.03. The van der Waals surface area contributed by atoms with E-state index >= 15 is 0 Å². The lowest BCUT2D eigenvalue weighted by atomic mass is 10.0. The normalized spacial score (nSPS) is 11.8. The Morgan fingerprint density at radius 2 is 1.60 bits per heavy atom. The monoisotopic (exact) mass is 520 g/mol. The lowest BCUT2D eigenvalue weighted by Crippen LogP contribution is -2.00. The van der Waals surface area contributed by atoms with Gasteiger partial charge < -0.3 is 0 Å². The van der Waals surface area contributed by atoms with Gasteiger partial charge >= 0.3 is 0 Å². The van der Waals surface area contributed by atoms with E-state index in [1.807, 2.05) is 55.5 Å². The number of carbonyl (C=O) groups excluding carboxylic acids is 1. The van der Waals surface area contributed by atoms with Crippen LogP contribution in [-0.4, -0.2) is 5.78 Å².